The number of hydrogen-bond donors (Lipinski definition) is 0. The first kappa shape index (κ1) is 12.7. The average Bonchev–Trinajstić information content (AvgIpc) is 2.32. The molecule has 1 saturated heterocycles. The van der Waals surface area contributed by atoms with Crippen molar-refractivity contribution >= 4 is 29.1 Å². The van der Waals surface area contributed by atoms with E-state index < -0.39 is 0 Å². The molecule has 1 fully saturated rings. The van der Waals surface area contributed by atoms with Crippen molar-refractivity contribution in [3.05, 3.63) is 34.9 Å². The lowest BCUT2D eigenvalue weighted by molar-refractivity contribution is -0.131. The van der Waals surface area contributed by atoms with Gasteiger partial charge in [0.15, 0.2) is 0 Å². The van der Waals surface area contributed by atoms with Gasteiger partial charge in [-0.15, -0.1) is 11.6 Å². The van der Waals surface area contributed by atoms with Crippen molar-refractivity contribution < 1.29 is 4.79 Å². The number of carbonyl (C=O) groups excluding carboxylic acids is 1. The van der Waals surface area contributed by atoms with E-state index in [0.29, 0.717) is 18.0 Å². The van der Waals surface area contributed by atoms with Gasteiger partial charge >= 0.3 is 0 Å². The molecular formula is C13H15Cl2NO. The van der Waals surface area contributed by atoms with Crippen molar-refractivity contribution in [3.8, 4) is 0 Å². The predicted molar refractivity (Wildman–Crippen MR) is 70.6 cm³/mol. The summed E-state index contributed by atoms with van der Waals surface area (Å²) in [6, 6.07) is 7.40. The summed E-state index contributed by atoms with van der Waals surface area (Å²) in [6.45, 7) is 1.50. The van der Waals surface area contributed by atoms with Crippen LogP contribution in [0.1, 0.15) is 18.4 Å². The zero-order valence-corrected chi connectivity index (χ0v) is 11.0. The first-order chi connectivity index (χ1) is 8.15. The lowest BCUT2D eigenvalue weighted by Crippen LogP contribution is -2.41. The van der Waals surface area contributed by atoms with Gasteiger partial charge in [-0.25, -0.2) is 0 Å². The van der Waals surface area contributed by atoms with Crippen molar-refractivity contribution in [2.75, 3.05) is 13.1 Å². The number of hydrogen-bond acceptors (Lipinski definition) is 1. The third-order valence-corrected chi connectivity index (χ3v) is 3.59. The fraction of sp³-hybridized carbons (Fsp3) is 0.462. The third-order valence-electron chi connectivity index (χ3n) is 2.99. The molecule has 17 heavy (non-hydrogen) atoms. The molecule has 1 amide bonds. The molecule has 1 aromatic carbocycles. The quantitative estimate of drug-likeness (QED) is 0.757. The van der Waals surface area contributed by atoms with E-state index in [4.69, 9.17) is 23.2 Å². The number of amides is 1. The van der Waals surface area contributed by atoms with Crippen molar-refractivity contribution in [2.45, 2.75) is 24.6 Å². The molecule has 0 bridgehead atoms. The van der Waals surface area contributed by atoms with E-state index in [1.807, 2.05) is 29.2 Å². The molecule has 0 aromatic heterocycles. The smallest absolute Gasteiger partial charge is 0.227 e. The number of likely N-dealkylation sites (tertiary alicyclic amines) is 1. The maximum absolute atomic E-state index is 12.0. The van der Waals surface area contributed by atoms with Crippen LogP contribution in [0.3, 0.4) is 0 Å². The topological polar surface area (TPSA) is 20.3 Å². The standard InChI is InChI=1S/C13H15Cl2NO/c14-11-5-3-10(4-6-11)8-13(17)16-7-1-2-12(15)9-16/h3-6,12H,1-2,7-9H2. The molecule has 0 aliphatic carbocycles. The minimum absolute atomic E-state index is 0.109. The average molecular weight is 272 g/mol. The molecule has 1 aliphatic rings. The normalized spacial score (nSPS) is 20.4. The van der Waals surface area contributed by atoms with E-state index in [1.54, 1.807) is 0 Å². The van der Waals surface area contributed by atoms with E-state index in [-0.39, 0.29) is 11.3 Å². The summed E-state index contributed by atoms with van der Waals surface area (Å²) in [7, 11) is 0. The Bertz CT molecular complexity index is 391. The molecular weight excluding hydrogens is 257 g/mol. The molecule has 0 spiro atoms. The van der Waals surface area contributed by atoms with Crippen molar-refractivity contribution in [1.82, 2.24) is 4.90 Å². The first-order valence-electron chi connectivity index (χ1n) is 5.81. The number of benzene rings is 1. The van der Waals surface area contributed by atoms with Crippen LogP contribution in [0, 0.1) is 0 Å². The van der Waals surface area contributed by atoms with Gasteiger partial charge in [-0.3, -0.25) is 4.79 Å². The highest BCUT2D eigenvalue weighted by Crippen LogP contribution is 2.17. The summed E-state index contributed by atoms with van der Waals surface area (Å²) in [5.41, 5.74) is 0.996. The van der Waals surface area contributed by atoms with Crippen LogP contribution < -0.4 is 0 Å². The lowest BCUT2D eigenvalue weighted by atomic mass is 10.1. The second-order valence-electron chi connectivity index (χ2n) is 4.38. The molecule has 0 saturated carbocycles. The number of nitrogens with zero attached hydrogens (tertiary/aromatic N) is 1. The molecule has 2 rings (SSSR count). The largest absolute Gasteiger partial charge is 0.341 e. The second kappa shape index (κ2) is 5.74. The Kier molecular flexibility index (Phi) is 4.30. The first-order valence-corrected chi connectivity index (χ1v) is 6.63. The molecule has 92 valence electrons. The predicted octanol–water partition coefficient (Wildman–Crippen LogP) is 3.11. The summed E-state index contributed by atoms with van der Waals surface area (Å²) in [6.07, 6.45) is 2.44. The third kappa shape index (κ3) is 3.62. The van der Waals surface area contributed by atoms with Crippen LogP contribution in [-0.4, -0.2) is 29.3 Å². The highest BCUT2D eigenvalue weighted by molar-refractivity contribution is 6.30. The number of halogens is 2. The minimum Gasteiger partial charge on any atom is -0.341 e. The van der Waals surface area contributed by atoms with Crippen molar-refractivity contribution in [1.29, 1.82) is 0 Å². The Morgan fingerprint density at radius 2 is 2.06 bits per heavy atom. The van der Waals surface area contributed by atoms with E-state index >= 15 is 0 Å². The van der Waals surface area contributed by atoms with Gasteiger partial charge in [-0.05, 0) is 30.5 Å². The van der Waals surface area contributed by atoms with E-state index in [2.05, 4.69) is 0 Å². The Morgan fingerprint density at radius 1 is 1.35 bits per heavy atom. The molecule has 4 heteroatoms. The van der Waals surface area contributed by atoms with Crippen molar-refractivity contribution in [2.24, 2.45) is 0 Å². The van der Waals surface area contributed by atoms with Gasteiger partial charge in [-0.1, -0.05) is 23.7 Å². The van der Waals surface area contributed by atoms with Crippen LogP contribution in [-0.2, 0) is 11.2 Å². The van der Waals surface area contributed by atoms with E-state index in [9.17, 15) is 4.79 Å². The second-order valence-corrected chi connectivity index (χ2v) is 5.44. The minimum atomic E-state index is 0.109. The van der Waals surface area contributed by atoms with Crippen LogP contribution in [0.15, 0.2) is 24.3 Å². The molecule has 0 N–H and O–H groups in total. The van der Waals surface area contributed by atoms with Crippen LogP contribution in [0.5, 0.6) is 0 Å². The van der Waals surface area contributed by atoms with Gasteiger partial charge in [-0.2, -0.15) is 0 Å². The number of piperidine rings is 1. The number of rotatable bonds is 2. The Balaban J connectivity index is 1.94. The lowest BCUT2D eigenvalue weighted by Gasteiger charge is -2.29. The fourth-order valence-corrected chi connectivity index (χ4v) is 2.49. The Hall–Kier alpha value is -0.730. The number of carbonyl (C=O) groups is 1. The summed E-state index contributed by atoms with van der Waals surface area (Å²) < 4.78 is 0. The van der Waals surface area contributed by atoms with Crippen molar-refractivity contribution in [3.63, 3.8) is 0 Å². The molecule has 1 heterocycles. The van der Waals surface area contributed by atoms with Gasteiger partial charge in [0.25, 0.3) is 0 Å². The molecule has 1 atom stereocenters. The van der Waals surface area contributed by atoms with Crippen LogP contribution in [0.2, 0.25) is 5.02 Å². The maximum Gasteiger partial charge on any atom is 0.227 e. The van der Waals surface area contributed by atoms with Crippen LogP contribution in [0.4, 0.5) is 0 Å². The molecule has 2 nitrogen and oxygen atoms in total. The monoisotopic (exact) mass is 271 g/mol. The highest BCUT2D eigenvalue weighted by Gasteiger charge is 2.21. The van der Waals surface area contributed by atoms with Gasteiger partial charge in [0.1, 0.15) is 0 Å². The highest BCUT2D eigenvalue weighted by atomic mass is 35.5. The van der Waals surface area contributed by atoms with Gasteiger partial charge in [0.05, 0.1) is 11.8 Å². The Morgan fingerprint density at radius 3 is 2.71 bits per heavy atom. The summed E-state index contributed by atoms with van der Waals surface area (Å²) >= 11 is 11.9. The van der Waals surface area contributed by atoms with Gasteiger partial charge in [0.2, 0.25) is 5.91 Å². The zero-order valence-electron chi connectivity index (χ0n) is 9.53. The van der Waals surface area contributed by atoms with Crippen LogP contribution >= 0.6 is 23.2 Å². The Labute approximate surface area is 112 Å². The molecule has 1 aliphatic heterocycles. The maximum atomic E-state index is 12.0. The molecule has 1 unspecified atom stereocenters. The summed E-state index contributed by atoms with van der Waals surface area (Å²) in [4.78, 5) is 13.9. The SMILES string of the molecule is O=C(Cc1ccc(Cl)cc1)N1CCCC(Cl)C1. The fourth-order valence-electron chi connectivity index (χ4n) is 2.04. The molecule has 1 aromatic rings. The number of alkyl halides is 1. The molecule has 0 radical (unpaired) electrons. The zero-order chi connectivity index (χ0) is 12.3. The van der Waals surface area contributed by atoms with E-state index in [1.165, 1.54) is 0 Å². The van der Waals surface area contributed by atoms with Gasteiger partial charge < -0.3 is 4.90 Å². The summed E-state index contributed by atoms with van der Waals surface area (Å²) in [5, 5.41) is 0.804. The van der Waals surface area contributed by atoms with Crippen LogP contribution in [0.25, 0.3) is 0 Å². The van der Waals surface area contributed by atoms with E-state index in [0.717, 1.165) is 24.9 Å². The van der Waals surface area contributed by atoms with Gasteiger partial charge in [0, 0.05) is 18.1 Å². The summed E-state index contributed by atoms with van der Waals surface area (Å²) in [5.74, 6) is 0.151.